The van der Waals surface area contributed by atoms with Crippen molar-refractivity contribution in [1.29, 1.82) is 0 Å². The van der Waals surface area contributed by atoms with E-state index in [2.05, 4.69) is 10.5 Å². The molecule has 0 aromatic heterocycles. The fourth-order valence-corrected chi connectivity index (χ4v) is 5.36. The van der Waals surface area contributed by atoms with E-state index in [-0.39, 0.29) is 10.6 Å². The molecule has 0 atom stereocenters. The number of sulfonamides is 1. The highest BCUT2D eigenvalue weighted by Crippen LogP contribution is 2.27. The van der Waals surface area contributed by atoms with Gasteiger partial charge in [0.1, 0.15) is 18.9 Å². The Labute approximate surface area is 241 Å². The van der Waals surface area contributed by atoms with Crippen molar-refractivity contribution in [1.82, 2.24) is 5.43 Å². The second-order valence-corrected chi connectivity index (χ2v) is 11.3. The van der Waals surface area contributed by atoms with Crippen molar-refractivity contribution in [3.8, 4) is 5.75 Å². The highest BCUT2D eigenvalue weighted by atomic mass is 35.5. The van der Waals surface area contributed by atoms with Crippen LogP contribution in [0.4, 0.5) is 5.69 Å². The molecule has 4 aromatic rings. The Kier molecular flexibility index (Phi) is 9.48. The molecule has 0 spiro atoms. The summed E-state index contributed by atoms with van der Waals surface area (Å²) >= 11 is 18.1. The minimum atomic E-state index is -4.11. The van der Waals surface area contributed by atoms with Crippen LogP contribution in [0.2, 0.25) is 15.1 Å². The third-order valence-corrected chi connectivity index (χ3v) is 8.06. The number of benzene rings is 4. The second-order valence-electron chi connectivity index (χ2n) is 8.19. The van der Waals surface area contributed by atoms with Gasteiger partial charge in [-0.2, -0.15) is 5.10 Å². The summed E-state index contributed by atoms with van der Waals surface area (Å²) in [6.07, 6.45) is 1.44. The summed E-state index contributed by atoms with van der Waals surface area (Å²) in [6.45, 7) is -0.206. The number of hydrogen-bond acceptors (Lipinski definition) is 5. The van der Waals surface area contributed by atoms with Crippen LogP contribution in [0.3, 0.4) is 0 Å². The van der Waals surface area contributed by atoms with Gasteiger partial charge in [-0.25, -0.2) is 13.8 Å². The minimum absolute atomic E-state index is 0.0278. The SMILES string of the molecule is O=C(CN(c1cccc(Cl)c1)S(=O)(=O)c1ccc(Cl)cc1)N/N=C\c1ccc(OCc2ccccc2Cl)cc1. The van der Waals surface area contributed by atoms with Gasteiger partial charge in [0.2, 0.25) is 0 Å². The second kappa shape index (κ2) is 13.0. The first-order valence-corrected chi connectivity index (χ1v) is 14.1. The molecule has 0 saturated carbocycles. The number of carbonyl (C=O) groups excluding carboxylic acids is 1. The Bertz CT molecular complexity index is 1580. The van der Waals surface area contributed by atoms with Crippen LogP contribution in [0.25, 0.3) is 0 Å². The Morgan fingerprint density at radius 2 is 1.59 bits per heavy atom. The first-order valence-electron chi connectivity index (χ1n) is 11.5. The lowest BCUT2D eigenvalue weighted by Crippen LogP contribution is -2.39. The molecule has 0 unspecified atom stereocenters. The quantitative estimate of drug-likeness (QED) is 0.164. The van der Waals surface area contributed by atoms with Crippen LogP contribution in [0.5, 0.6) is 5.75 Å². The Balaban J connectivity index is 1.41. The number of hydrogen-bond donors (Lipinski definition) is 1. The zero-order valence-corrected chi connectivity index (χ0v) is 23.4. The first-order chi connectivity index (χ1) is 18.7. The van der Waals surface area contributed by atoms with Gasteiger partial charge in [-0.15, -0.1) is 0 Å². The average molecular weight is 603 g/mol. The van der Waals surface area contributed by atoms with Crippen LogP contribution < -0.4 is 14.5 Å². The molecule has 0 bridgehead atoms. The normalized spacial score (nSPS) is 11.4. The molecule has 1 N–H and O–H groups in total. The van der Waals surface area contributed by atoms with E-state index in [0.717, 1.165) is 9.87 Å². The van der Waals surface area contributed by atoms with Crippen molar-refractivity contribution in [2.75, 3.05) is 10.8 Å². The lowest BCUT2D eigenvalue weighted by atomic mass is 10.2. The van der Waals surface area contributed by atoms with E-state index in [1.807, 2.05) is 18.2 Å². The summed E-state index contributed by atoms with van der Waals surface area (Å²) in [7, 11) is -4.11. The highest BCUT2D eigenvalue weighted by molar-refractivity contribution is 7.92. The van der Waals surface area contributed by atoms with Gasteiger partial charge in [-0.05, 0) is 78.4 Å². The standard InChI is InChI=1S/C28H22Cl3N3O4S/c29-22-10-14-26(15-11-22)39(36,37)34(24-6-3-5-23(30)16-24)18-28(35)33-32-17-20-8-12-25(13-9-20)38-19-21-4-1-2-7-27(21)31/h1-17H,18-19H2,(H,33,35)/b32-17-. The largest absolute Gasteiger partial charge is 0.489 e. The number of ether oxygens (including phenoxy) is 1. The number of halogens is 3. The molecule has 39 heavy (non-hydrogen) atoms. The molecular formula is C28H22Cl3N3O4S. The van der Waals surface area contributed by atoms with Crippen molar-refractivity contribution in [3.63, 3.8) is 0 Å². The van der Waals surface area contributed by atoms with Crippen LogP contribution in [-0.2, 0) is 21.4 Å². The zero-order valence-electron chi connectivity index (χ0n) is 20.3. The van der Waals surface area contributed by atoms with E-state index in [9.17, 15) is 13.2 Å². The minimum Gasteiger partial charge on any atom is -0.489 e. The van der Waals surface area contributed by atoms with Gasteiger partial charge in [0, 0.05) is 20.6 Å². The van der Waals surface area contributed by atoms with Crippen molar-refractivity contribution in [2.45, 2.75) is 11.5 Å². The molecular weight excluding hydrogens is 581 g/mol. The smallest absolute Gasteiger partial charge is 0.264 e. The maximum atomic E-state index is 13.4. The molecule has 4 aromatic carbocycles. The Morgan fingerprint density at radius 3 is 2.28 bits per heavy atom. The summed E-state index contributed by atoms with van der Waals surface area (Å²) in [5.74, 6) is -0.0101. The van der Waals surface area contributed by atoms with Gasteiger partial charge >= 0.3 is 0 Å². The fourth-order valence-electron chi connectivity index (χ4n) is 3.45. The molecule has 0 fully saturated rings. The van der Waals surface area contributed by atoms with Gasteiger partial charge in [0.05, 0.1) is 16.8 Å². The number of amides is 1. The molecule has 200 valence electrons. The number of rotatable bonds is 10. The average Bonchev–Trinajstić information content (AvgIpc) is 2.92. The topological polar surface area (TPSA) is 88.1 Å². The molecule has 0 aliphatic heterocycles. The molecule has 0 saturated heterocycles. The van der Waals surface area contributed by atoms with Gasteiger partial charge in [0.25, 0.3) is 15.9 Å². The molecule has 0 heterocycles. The molecule has 11 heteroatoms. The predicted octanol–water partition coefficient (Wildman–Crippen LogP) is 6.57. The number of hydrazone groups is 1. The Morgan fingerprint density at radius 1 is 0.872 bits per heavy atom. The summed E-state index contributed by atoms with van der Waals surface area (Å²) < 4.78 is 33.5. The van der Waals surface area contributed by atoms with Crippen molar-refractivity contribution in [3.05, 3.63) is 123 Å². The van der Waals surface area contributed by atoms with E-state index in [1.165, 1.54) is 36.5 Å². The number of anilines is 1. The molecule has 4 rings (SSSR count). The van der Waals surface area contributed by atoms with Crippen LogP contribution in [0.1, 0.15) is 11.1 Å². The highest BCUT2D eigenvalue weighted by Gasteiger charge is 2.27. The summed E-state index contributed by atoms with van der Waals surface area (Å²) in [6, 6.07) is 26.4. The summed E-state index contributed by atoms with van der Waals surface area (Å²) in [4.78, 5) is 12.7. The molecule has 0 aliphatic rings. The van der Waals surface area contributed by atoms with Crippen LogP contribution in [0, 0.1) is 0 Å². The van der Waals surface area contributed by atoms with Gasteiger partial charge in [-0.1, -0.05) is 59.1 Å². The maximum absolute atomic E-state index is 13.4. The van der Waals surface area contributed by atoms with E-state index < -0.39 is 22.5 Å². The van der Waals surface area contributed by atoms with Crippen LogP contribution in [0.15, 0.2) is 107 Å². The molecule has 7 nitrogen and oxygen atoms in total. The lowest BCUT2D eigenvalue weighted by Gasteiger charge is -2.23. The van der Waals surface area contributed by atoms with Gasteiger partial charge < -0.3 is 4.74 Å². The monoisotopic (exact) mass is 601 g/mol. The van der Waals surface area contributed by atoms with Crippen molar-refractivity contribution < 1.29 is 17.9 Å². The number of carbonyl (C=O) groups is 1. The number of nitrogens with one attached hydrogen (secondary N) is 1. The van der Waals surface area contributed by atoms with Crippen LogP contribution >= 0.6 is 34.8 Å². The lowest BCUT2D eigenvalue weighted by molar-refractivity contribution is -0.119. The summed E-state index contributed by atoms with van der Waals surface area (Å²) in [5, 5.41) is 5.30. The predicted molar refractivity (Wildman–Crippen MR) is 155 cm³/mol. The fraction of sp³-hybridized carbons (Fsp3) is 0.0714. The van der Waals surface area contributed by atoms with Crippen molar-refractivity contribution >= 4 is 62.6 Å². The van der Waals surface area contributed by atoms with E-state index in [4.69, 9.17) is 39.5 Å². The van der Waals surface area contributed by atoms with Crippen LogP contribution in [-0.4, -0.2) is 27.1 Å². The van der Waals surface area contributed by atoms with E-state index >= 15 is 0 Å². The molecule has 0 radical (unpaired) electrons. The van der Waals surface area contributed by atoms with E-state index in [1.54, 1.807) is 48.5 Å². The number of nitrogens with zero attached hydrogens (tertiary/aromatic N) is 2. The van der Waals surface area contributed by atoms with E-state index in [0.29, 0.717) is 33.0 Å². The van der Waals surface area contributed by atoms with Crippen molar-refractivity contribution in [2.24, 2.45) is 5.10 Å². The third-order valence-electron chi connectivity index (χ3n) is 5.42. The third kappa shape index (κ3) is 7.74. The van der Waals surface area contributed by atoms with Gasteiger partial charge in [-0.3, -0.25) is 9.10 Å². The summed E-state index contributed by atoms with van der Waals surface area (Å²) in [5.41, 5.74) is 4.16. The molecule has 0 aliphatic carbocycles. The first kappa shape index (κ1) is 28.4. The Hall–Kier alpha value is -3.56. The zero-order chi connectivity index (χ0) is 27.8. The van der Waals surface area contributed by atoms with Gasteiger partial charge in [0.15, 0.2) is 0 Å². The molecule has 1 amide bonds. The maximum Gasteiger partial charge on any atom is 0.264 e.